The molecule has 0 saturated carbocycles. The SMILES string of the molecule is CC[C@@H](C)N(Cc1nc(-c2ccc(Cl)cc2)no1)C(=O)c1cccc(OCc2ccccc2Cl)c1. The van der Waals surface area contributed by atoms with Crippen LogP contribution >= 0.6 is 23.2 Å². The lowest BCUT2D eigenvalue weighted by molar-refractivity contribution is 0.0646. The number of hydrogen-bond donors (Lipinski definition) is 0. The molecule has 4 aromatic rings. The molecule has 0 aliphatic rings. The number of ether oxygens (including phenoxy) is 1. The van der Waals surface area contributed by atoms with Crippen LogP contribution < -0.4 is 4.74 Å². The number of nitrogens with zero attached hydrogens (tertiary/aromatic N) is 3. The van der Waals surface area contributed by atoms with E-state index in [0.717, 1.165) is 17.5 Å². The standard InChI is InChI=1S/C27H25Cl2N3O3/c1-3-18(2)32(16-25-30-26(31-35-25)19-11-13-22(28)14-12-19)27(33)20-8-6-9-23(15-20)34-17-21-7-4-5-10-24(21)29/h4-15,18H,3,16-17H2,1-2H3/t18-/m1/s1. The molecule has 1 aromatic heterocycles. The molecule has 0 aliphatic heterocycles. The van der Waals surface area contributed by atoms with Crippen LogP contribution in [0.1, 0.15) is 42.1 Å². The van der Waals surface area contributed by atoms with Crippen LogP contribution in [0, 0.1) is 0 Å². The lowest BCUT2D eigenvalue weighted by atomic mass is 10.1. The molecule has 3 aromatic carbocycles. The van der Waals surface area contributed by atoms with Crippen LogP contribution in [0.25, 0.3) is 11.4 Å². The van der Waals surface area contributed by atoms with Gasteiger partial charge in [0.2, 0.25) is 11.7 Å². The van der Waals surface area contributed by atoms with Crippen LogP contribution in [0.5, 0.6) is 5.75 Å². The van der Waals surface area contributed by atoms with E-state index in [1.807, 2.05) is 56.3 Å². The lowest BCUT2D eigenvalue weighted by Crippen LogP contribution is -2.37. The summed E-state index contributed by atoms with van der Waals surface area (Å²) in [6.07, 6.45) is 0.770. The molecule has 0 bridgehead atoms. The highest BCUT2D eigenvalue weighted by atomic mass is 35.5. The molecule has 180 valence electrons. The number of amides is 1. The van der Waals surface area contributed by atoms with Crippen LogP contribution in [0.4, 0.5) is 0 Å². The Kier molecular flexibility index (Phi) is 8.06. The fourth-order valence-corrected chi connectivity index (χ4v) is 3.81. The number of benzene rings is 3. The summed E-state index contributed by atoms with van der Waals surface area (Å²) in [4.78, 5) is 19.7. The summed E-state index contributed by atoms with van der Waals surface area (Å²) in [5.41, 5.74) is 2.17. The van der Waals surface area contributed by atoms with E-state index in [1.54, 1.807) is 35.2 Å². The molecular weight excluding hydrogens is 485 g/mol. The maximum absolute atomic E-state index is 13.5. The van der Waals surface area contributed by atoms with E-state index >= 15 is 0 Å². The van der Waals surface area contributed by atoms with Crippen molar-refractivity contribution in [3.8, 4) is 17.1 Å². The second-order valence-corrected chi connectivity index (χ2v) is 8.96. The van der Waals surface area contributed by atoms with E-state index in [4.69, 9.17) is 32.5 Å². The first kappa shape index (κ1) is 24.8. The zero-order valence-corrected chi connectivity index (χ0v) is 21.0. The molecule has 1 heterocycles. The second-order valence-electron chi connectivity index (χ2n) is 8.12. The first-order valence-corrected chi connectivity index (χ1v) is 12.1. The zero-order valence-electron chi connectivity index (χ0n) is 19.4. The summed E-state index contributed by atoms with van der Waals surface area (Å²) < 4.78 is 11.4. The summed E-state index contributed by atoms with van der Waals surface area (Å²) in [6.45, 7) is 4.52. The zero-order chi connectivity index (χ0) is 24.8. The van der Waals surface area contributed by atoms with Crippen LogP contribution in [-0.2, 0) is 13.2 Å². The van der Waals surface area contributed by atoms with Gasteiger partial charge >= 0.3 is 0 Å². The molecule has 0 saturated heterocycles. The first-order valence-electron chi connectivity index (χ1n) is 11.3. The highest BCUT2D eigenvalue weighted by Crippen LogP contribution is 2.23. The monoisotopic (exact) mass is 509 g/mol. The van der Waals surface area contributed by atoms with Crippen molar-refractivity contribution in [2.75, 3.05) is 0 Å². The van der Waals surface area contributed by atoms with Crippen LogP contribution in [0.3, 0.4) is 0 Å². The molecule has 0 aliphatic carbocycles. The van der Waals surface area contributed by atoms with Gasteiger partial charge in [-0.3, -0.25) is 4.79 Å². The molecule has 0 N–H and O–H groups in total. The smallest absolute Gasteiger partial charge is 0.254 e. The van der Waals surface area contributed by atoms with E-state index in [1.165, 1.54) is 0 Å². The third-order valence-corrected chi connectivity index (χ3v) is 6.31. The van der Waals surface area contributed by atoms with Gasteiger partial charge in [0, 0.05) is 32.8 Å². The van der Waals surface area contributed by atoms with Crippen LogP contribution in [-0.4, -0.2) is 27.0 Å². The van der Waals surface area contributed by atoms with Gasteiger partial charge in [-0.1, -0.05) is 59.5 Å². The van der Waals surface area contributed by atoms with Gasteiger partial charge in [-0.05, 0) is 61.9 Å². The highest BCUT2D eigenvalue weighted by molar-refractivity contribution is 6.31. The first-order chi connectivity index (χ1) is 16.9. The molecule has 0 fully saturated rings. The van der Waals surface area contributed by atoms with E-state index in [-0.39, 0.29) is 18.5 Å². The lowest BCUT2D eigenvalue weighted by Gasteiger charge is -2.27. The highest BCUT2D eigenvalue weighted by Gasteiger charge is 2.24. The van der Waals surface area contributed by atoms with Crippen molar-refractivity contribution in [2.45, 2.75) is 39.5 Å². The number of halogens is 2. The molecule has 35 heavy (non-hydrogen) atoms. The summed E-state index contributed by atoms with van der Waals surface area (Å²) in [7, 11) is 0. The number of carbonyl (C=O) groups excluding carboxylic acids is 1. The summed E-state index contributed by atoms with van der Waals surface area (Å²) in [6, 6.07) is 21.8. The fraction of sp³-hybridized carbons (Fsp3) is 0.222. The van der Waals surface area contributed by atoms with Gasteiger partial charge in [0.25, 0.3) is 5.91 Å². The number of rotatable bonds is 9. The second kappa shape index (κ2) is 11.4. The molecule has 0 unspecified atom stereocenters. The largest absolute Gasteiger partial charge is 0.489 e. The third-order valence-electron chi connectivity index (χ3n) is 5.69. The minimum Gasteiger partial charge on any atom is -0.489 e. The molecule has 1 atom stereocenters. The molecule has 6 nitrogen and oxygen atoms in total. The van der Waals surface area contributed by atoms with Gasteiger partial charge in [0.1, 0.15) is 18.9 Å². The Balaban J connectivity index is 1.50. The van der Waals surface area contributed by atoms with Crippen molar-refractivity contribution in [3.63, 3.8) is 0 Å². The quantitative estimate of drug-likeness (QED) is 0.241. The average Bonchev–Trinajstić information content (AvgIpc) is 3.35. The normalized spacial score (nSPS) is 11.8. The molecule has 1 amide bonds. The Morgan fingerprint density at radius 3 is 2.57 bits per heavy atom. The molecular formula is C27H25Cl2N3O3. The molecule has 4 rings (SSSR count). The van der Waals surface area contributed by atoms with Crippen molar-refractivity contribution >= 4 is 29.1 Å². The van der Waals surface area contributed by atoms with Gasteiger partial charge in [0.15, 0.2) is 0 Å². The van der Waals surface area contributed by atoms with Crippen molar-refractivity contribution in [3.05, 3.63) is 99.9 Å². The average molecular weight is 510 g/mol. The predicted octanol–water partition coefficient (Wildman–Crippen LogP) is 7.06. The van der Waals surface area contributed by atoms with E-state index in [9.17, 15) is 4.79 Å². The fourth-order valence-electron chi connectivity index (χ4n) is 3.49. The van der Waals surface area contributed by atoms with Gasteiger partial charge in [-0.15, -0.1) is 0 Å². The van der Waals surface area contributed by atoms with Crippen molar-refractivity contribution in [2.24, 2.45) is 0 Å². The maximum atomic E-state index is 13.5. The molecule has 0 radical (unpaired) electrons. The molecule has 8 heteroatoms. The Bertz CT molecular complexity index is 1290. The van der Waals surface area contributed by atoms with E-state index in [0.29, 0.717) is 39.7 Å². The topological polar surface area (TPSA) is 68.5 Å². The van der Waals surface area contributed by atoms with E-state index < -0.39 is 0 Å². The minimum absolute atomic E-state index is 0.0407. The number of hydrogen-bond acceptors (Lipinski definition) is 5. The Morgan fingerprint density at radius 1 is 1.06 bits per heavy atom. The van der Waals surface area contributed by atoms with Crippen LogP contribution in [0.2, 0.25) is 10.0 Å². The summed E-state index contributed by atoms with van der Waals surface area (Å²) in [5.74, 6) is 1.24. The summed E-state index contributed by atoms with van der Waals surface area (Å²) in [5, 5.41) is 5.33. The van der Waals surface area contributed by atoms with Gasteiger partial charge < -0.3 is 14.2 Å². The van der Waals surface area contributed by atoms with Crippen molar-refractivity contribution in [1.82, 2.24) is 15.0 Å². The van der Waals surface area contributed by atoms with Gasteiger partial charge in [0.05, 0.1) is 0 Å². The minimum atomic E-state index is -0.145. The Morgan fingerprint density at radius 2 is 1.83 bits per heavy atom. The number of carbonyl (C=O) groups is 1. The van der Waals surface area contributed by atoms with Gasteiger partial charge in [-0.2, -0.15) is 4.98 Å². The van der Waals surface area contributed by atoms with Crippen molar-refractivity contribution < 1.29 is 14.1 Å². The van der Waals surface area contributed by atoms with Gasteiger partial charge in [-0.25, -0.2) is 0 Å². The Labute approximate surface area is 214 Å². The Hall–Kier alpha value is -3.35. The molecule has 0 spiro atoms. The third kappa shape index (κ3) is 6.21. The number of aromatic nitrogens is 2. The van der Waals surface area contributed by atoms with E-state index in [2.05, 4.69) is 10.1 Å². The van der Waals surface area contributed by atoms with Crippen LogP contribution in [0.15, 0.2) is 77.3 Å². The maximum Gasteiger partial charge on any atom is 0.254 e. The predicted molar refractivity (Wildman–Crippen MR) is 137 cm³/mol. The van der Waals surface area contributed by atoms with Crippen molar-refractivity contribution in [1.29, 1.82) is 0 Å². The summed E-state index contributed by atoms with van der Waals surface area (Å²) >= 11 is 12.2.